The minimum Gasteiger partial charge on any atom is -0.453 e. The summed E-state index contributed by atoms with van der Waals surface area (Å²) in [4.78, 5) is 10.9. The second-order valence-corrected chi connectivity index (χ2v) is 4.42. The van der Waals surface area contributed by atoms with Crippen LogP contribution < -0.4 is 5.32 Å². The molecule has 0 aromatic carbocycles. The summed E-state index contributed by atoms with van der Waals surface area (Å²) in [5.41, 5.74) is -0.722. The number of methoxy groups -OCH3 is 1. The van der Waals surface area contributed by atoms with Gasteiger partial charge < -0.3 is 15.2 Å². The molecule has 15 heavy (non-hydrogen) atoms. The van der Waals surface area contributed by atoms with E-state index in [1.807, 2.05) is 0 Å². The average molecular weight is 215 g/mol. The van der Waals surface area contributed by atoms with Gasteiger partial charge in [0.1, 0.15) is 0 Å². The third kappa shape index (κ3) is 3.70. The average Bonchev–Trinajstić information content (AvgIpc) is 2.27. The molecule has 88 valence electrons. The first-order chi connectivity index (χ1) is 7.09. The quantitative estimate of drug-likeness (QED) is 0.753. The second-order valence-electron chi connectivity index (χ2n) is 4.42. The first kappa shape index (κ1) is 12.3. The molecule has 1 aliphatic rings. The zero-order valence-corrected chi connectivity index (χ0v) is 9.58. The van der Waals surface area contributed by atoms with Crippen LogP contribution in [0.15, 0.2) is 0 Å². The molecule has 0 aromatic heterocycles. The highest BCUT2D eigenvalue weighted by atomic mass is 16.5. The largest absolute Gasteiger partial charge is 0.453 e. The smallest absolute Gasteiger partial charge is 0.406 e. The lowest BCUT2D eigenvalue weighted by atomic mass is 9.78. The fraction of sp³-hybridized carbons (Fsp3) is 0.909. The molecule has 0 unspecified atom stereocenters. The van der Waals surface area contributed by atoms with Gasteiger partial charge in [-0.05, 0) is 31.6 Å². The lowest BCUT2D eigenvalue weighted by molar-refractivity contribution is -0.00818. The van der Waals surface area contributed by atoms with Crippen molar-refractivity contribution in [1.82, 2.24) is 5.32 Å². The van der Waals surface area contributed by atoms with E-state index in [1.165, 1.54) is 13.5 Å². The molecule has 0 atom stereocenters. The Hall–Kier alpha value is -0.770. The molecule has 1 amide bonds. The Morgan fingerprint density at radius 1 is 1.53 bits per heavy atom. The van der Waals surface area contributed by atoms with Crippen LogP contribution in [0.1, 0.15) is 39.0 Å². The summed E-state index contributed by atoms with van der Waals surface area (Å²) in [6.45, 7) is 2.48. The van der Waals surface area contributed by atoms with Crippen molar-refractivity contribution >= 4 is 6.09 Å². The van der Waals surface area contributed by atoms with E-state index in [9.17, 15) is 9.90 Å². The second kappa shape index (κ2) is 5.35. The maximum absolute atomic E-state index is 10.9. The molecule has 0 aromatic rings. The highest BCUT2D eigenvalue weighted by Crippen LogP contribution is 2.33. The van der Waals surface area contributed by atoms with E-state index >= 15 is 0 Å². The Morgan fingerprint density at radius 3 is 2.60 bits per heavy atom. The molecule has 1 aliphatic carbocycles. The van der Waals surface area contributed by atoms with Crippen molar-refractivity contribution in [3.63, 3.8) is 0 Å². The normalized spacial score (nSPS) is 31.0. The molecule has 0 heterocycles. The van der Waals surface area contributed by atoms with Crippen LogP contribution in [0.4, 0.5) is 4.79 Å². The lowest BCUT2D eigenvalue weighted by Crippen LogP contribution is -2.45. The number of alkyl carbamates (subject to hydrolysis) is 1. The number of aliphatic hydroxyl groups is 1. The molecule has 0 bridgehead atoms. The Bertz CT molecular complexity index is 210. The van der Waals surface area contributed by atoms with Gasteiger partial charge in [0.05, 0.1) is 12.7 Å². The number of rotatable bonds is 3. The number of amides is 1. The van der Waals surface area contributed by atoms with Crippen molar-refractivity contribution in [2.45, 2.75) is 44.6 Å². The lowest BCUT2D eigenvalue weighted by Gasteiger charge is -2.35. The van der Waals surface area contributed by atoms with Gasteiger partial charge in [-0.15, -0.1) is 0 Å². The van der Waals surface area contributed by atoms with Crippen molar-refractivity contribution in [3.8, 4) is 0 Å². The summed E-state index contributed by atoms with van der Waals surface area (Å²) in [5, 5.41) is 12.7. The molecule has 0 spiro atoms. The number of nitrogens with one attached hydrogen (secondary N) is 1. The summed E-state index contributed by atoms with van der Waals surface area (Å²) in [6.07, 6.45) is 4.36. The zero-order valence-electron chi connectivity index (χ0n) is 9.58. The van der Waals surface area contributed by atoms with Gasteiger partial charge in [-0.25, -0.2) is 4.79 Å². The maximum atomic E-state index is 10.9. The van der Waals surface area contributed by atoms with Gasteiger partial charge in [-0.2, -0.15) is 0 Å². The summed E-state index contributed by atoms with van der Waals surface area (Å²) >= 11 is 0. The van der Waals surface area contributed by atoms with Crippen LogP contribution in [0.2, 0.25) is 0 Å². The first-order valence-electron chi connectivity index (χ1n) is 5.64. The van der Waals surface area contributed by atoms with Crippen LogP contribution in [0.3, 0.4) is 0 Å². The fourth-order valence-corrected chi connectivity index (χ4v) is 2.11. The van der Waals surface area contributed by atoms with Crippen LogP contribution in [-0.4, -0.2) is 30.5 Å². The maximum Gasteiger partial charge on any atom is 0.406 e. The molecule has 1 rings (SSSR count). The zero-order chi connectivity index (χ0) is 11.3. The van der Waals surface area contributed by atoms with Gasteiger partial charge in [-0.3, -0.25) is 0 Å². The molecule has 0 aliphatic heterocycles. The van der Waals surface area contributed by atoms with E-state index < -0.39 is 11.7 Å². The van der Waals surface area contributed by atoms with Gasteiger partial charge in [0, 0.05) is 6.54 Å². The minimum absolute atomic E-state index is 0.302. The summed E-state index contributed by atoms with van der Waals surface area (Å²) in [6, 6.07) is 0. The van der Waals surface area contributed by atoms with Gasteiger partial charge in [-0.1, -0.05) is 13.3 Å². The van der Waals surface area contributed by atoms with E-state index in [2.05, 4.69) is 17.0 Å². The molecule has 4 nitrogen and oxygen atoms in total. The van der Waals surface area contributed by atoms with Crippen molar-refractivity contribution < 1.29 is 14.6 Å². The summed E-state index contributed by atoms with van der Waals surface area (Å²) < 4.78 is 4.47. The van der Waals surface area contributed by atoms with Gasteiger partial charge in [0.15, 0.2) is 0 Å². The third-order valence-corrected chi connectivity index (χ3v) is 3.36. The summed E-state index contributed by atoms with van der Waals surface area (Å²) in [7, 11) is 1.33. The molecule has 1 fully saturated rings. The topological polar surface area (TPSA) is 58.6 Å². The number of hydrogen-bond donors (Lipinski definition) is 2. The molecule has 2 N–H and O–H groups in total. The Labute approximate surface area is 91.0 Å². The van der Waals surface area contributed by atoms with E-state index in [0.29, 0.717) is 6.54 Å². The number of hydrogen-bond acceptors (Lipinski definition) is 3. The van der Waals surface area contributed by atoms with Crippen molar-refractivity contribution in [1.29, 1.82) is 0 Å². The van der Waals surface area contributed by atoms with E-state index in [-0.39, 0.29) is 0 Å². The molecular formula is C11H21NO3. The van der Waals surface area contributed by atoms with E-state index in [0.717, 1.165) is 31.6 Å². The number of carbonyl (C=O) groups excluding carboxylic acids is 1. The van der Waals surface area contributed by atoms with Gasteiger partial charge in [0.25, 0.3) is 0 Å². The van der Waals surface area contributed by atoms with Gasteiger partial charge in [0.2, 0.25) is 0 Å². The van der Waals surface area contributed by atoms with E-state index in [1.54, 1.807) is 0 Å². The third-order valence-electron chi connectivity index (χ3n) is 3.36. The molecule has 0 radical (unpaired) electrons. The Kier molecular flexibility index (Phi) is 4.39. The highest BCUT2D eigenvalue weighted by Gasteiger charge is 2.32. The van der Waals surface area contributed by atoms with Crippen LogP contribution in [-0.2, 0) is 4.74 Å². The van der Waals surface area contributed by atoms with Crippen LogP contribution >= 0.6 is 0 Å². The molecule has 0 saturated heterocycles. The standard InChI is InChI=1S/C11H21NO3/c1-3-9-4-6-11(14,7-5-9)8-12-10(13)15-2/h9,14H,3-8H2,1-2H3,(H,12,13). The highest BCUT2D eigenvalue weighted by molar-refractivity contribution is 5.66. The van der Waals surface area contributed by atoms with Crippen molar-refractivity contribution in [2.75, 3.05) is 13.7 Å². The van der Waals surface area contributed by atoms with Crippen LogP contribution in [0.25, 0.3) is 0 Å². The van der Waals surface area contributed by atoms with Crippen molar-refractivity contribution in [2.24, 2.45) is 5.92 Å². The first-order valence-corrected chi connectivity index (χ1v) is 5.64. The minimum atomic E-state index is -0.722. The number of carbonyl (C=O) groups is 1. The SMILES string of the molecule is CCC1CCC(O)(CNC(=O)OC)CC1. The van der Waals surface area contributed by atoms with E-state index in [4.69, 9.17) is 0 Å². The monoisotopic (exact) mass is 215 g/mol. The molecular weight excluding hydrogens is 194 g/mol. The number of ether oxygens (including phenoxy) is 1. The van der Waals surface area contributed by atoms with Crippen LogP contribution in [0.5, 0.6) is 0 Å². The van der Waals surface area contributed by atoms with Gasteiger partial charge >= 0.3 is 6.09 Å². The molecule has 4 heteroatoms. The molecule has 1 saturated carbocycles. The van der Waals surface area contributed by atoms with Crippen LogP contribution in [0, 0.1) is 5.92 Å². The summed E-state index contributed by atoms with van der Waals surface area (Å²) in [5.74, 6) is 0.739. The Balaban J connectivity index is 2.31. The fourth-order valence-electron chi connectivity index (χ4n) is 2.11. The van der Waals surface area contributed by atoms with Crippen molar-refractivity contribution in [3.05, 3.63) is 0 Å². The predicted molar refractivity (Wildman–Crippen MR) is 57.6 cm³/mol. The predicted octanol–water partition coefficient (Wildman–Crippen LogP) is 1.67. The Morgan fingerprint density at radius 2 is 2.13 bits per heavy atom.